The molecule has 1 aromatic heterocycles. The van der Waals surface area contributed by atoms with Crippen molar-refractivity contribution >= 4 is 45.4 Å². The van der Waals surface area contributed by atoms with E-state index in [1.807, 2.05) is 55.5 Å². The molecule has 0 atom stereocenters. The third kappa shape index (κ3) is 4.40. The Hall–Kier alpha value is -2.18. The summed E-state index contributed by atoms with van der Waals surface area (Å²) in [6.07, 6.45) is 1.64. The van der Waals surface area contributed by atoms with Crippen LogP contribution in [0.1, 0.15) is 11.1 Å². The van der Waals surface area contributed by atoms with Gasteiger partial charge in [-0.2, -0.15) is 5.10 Å². The van der Waals surface area contributed by atoms with Crippen LogP contribution in [-0.4, -0.2) is 22.9 Å². The first-order chi connectivity index (χ1) is 11.2. The van der Waals surface area contributed by atoms with Crippen LogP contribution in [0.4, 0.5) is 0 Å². The van der Waals surface area contributed by atoms with E-state index in [4.69, 9.17) is 0 Å². The van der Waals surface area contributed by atoms with Crippen molar-refractivity contribution in [3.8, 4) is 0 Å². The van der Waals surface area contributed by atoms with Gasteiger partial charge < -0.3 is 0 Å². The molecule has 0 unspecified atom stereocenters. The molecule has 0 aliphatic heterocycles. The summed E-state index contributed by atoms with van der Waals surface area (Å²) in [4.78, 5) is 16.3. The lowest BCUT2D eigenvalue weighted by molar-refractivity contribution is -0.118. The first kappa shape index (κ1) is 15.7. The van der Waals surface area contributed by atoms with Gasteiger partial charge in [-0.15, -0.1) is 11.3 Å². The van der Waals surface area contributed by atoms with Crippen molar-refractivity contribution in [2.75, 3.05) is 5.75 Å². The summed E-state index contributed by atoms with van der Waals surface area (Å²) in [5, 5.41) is 3.97. The molecule has 0 radical (unpaired) electrons. The fraction of sp³-hybridized carbons (Fsp3) is 0.118. The molecule has 0 saturated heterocycles. The van der Waals surface area contributed by atoms with E-state index in [-0.39, 0.29) is 5.91 Å². The number of carbonyl (C=O) groups is 1. The van der Waals surface area contributed by atoms with Gasteiger partial charge in [-0.25, -0.2) is 10.4 Å². The Kier molecular flexibility index (Phi) is 5.05. The van der Waals surface area contributed by atoms with E-state index in [0.717, 1.165) is 20.1 Å². The number of hydrazone groups is 1. The number of benzene rings is 2. The molecule has 116 valence electrons. The lowest BCUT2D eigenvalue weighted by Crippen LogP contribution is -2.19. The molecule has 1 amide bonds. The van der Waals surface area contributed by atoms with E-state index in [9.17, 15) is 4.79 Å². The summed E-state index contributed by atoms with van der Waals surface area (Å²) >= 11 is 3.02. The third-order valence-corrected chi connectivity index (χ3v) is 5.26. The predicted molar refractivity (Wildman–Crippen MR) is 97.3 cm³/mol. The smallest absolute Gasteiger partial charge is 0.250 e. The van der Waals surface area contributed by atoms with Gasteiger partial charge in [-0.05, 0) is 24.6 Å². The first-order valence-electron chi connectivity index (χ1n) is 7.08. The fourth-order valence-corrected chi connectivity index (χ4v) is 3.76. The second-order valence-corrected chi connectivity index (χ2v) is 7.19. The van der Waals surface area contributed by atoms with Crippen molar-refractivity contribution < 1.29 is 4.79 Å². The van der Waals surface area contributed by atoms with E-state index < -0.39 is 0 Å². The standard InChI is InChI=1S/C17H15N3OS2/c1-12-6-8-13(9-7-12)10-18-20-16(21)11-22-17-19-14-4-2-3-5-15(14)23-17/h2-10H,11H2,1H3,(H,20,21). The molecule has 1 heterocycles. The number of thioether (sulfide) groups is 1. The Morgan fingerprint density at radius 3 is 2.83 bits per heavy atom. The number of thiazole rings is 1. The van der Waals surface area contributed by atoms with Gasteiger partial charge in [-0.3, -0.25) is 4.79 Å². The van der Waals surface area contributed by atoms with E-state index >= 15 is 0 Å². The zero-order valence-electron chi connectivity index (χ0n) is 12.5. The highest BCUT2D eigenvalue weighted by atomic mass is 32.2. The number of aryl methyl sites for hydroxylation is 1. The molecule has 0 spiro atoms. The van der Waals surface area contributed by atoms with Crippen LogP contribution in [0.5, 0.6) is 0 Å². The van der Waals surface area contributed by atoms with E-state index in [2.05, 4.69) is 15.5 Å². The monoisotopic (exact) mass is 341 g/mol. The largest absolute Gasteiger partial charge is 0.272 e. The fourth-order valence-electron chi connectivity index (χ4n) is 1.90. The summed E-state index contributed by atoms with van der Waals surface area (Å²) < 4.78 is 2.02. The average molecular weight is 341 g/mol. The quantitative estimate of drug-likeness (QED) is 0.436. The van der Waals surface area contributed by atoms with Gasteiger partial charge in [-0.1, -0.05) is 53.7 Å². The molecule has 4 nitrogen and oxygen atoms in total. The van der Waals surface area contributed by atoms with Crippen LogP contribution in [0.2, 0.25) is 0 Å². The molecule has 3 rings (SSSR count). The van der Waals surface area contributed by atoms with Gasteiger partial charge in [0.05, 0.1) is 22.2 Å². The van der Waals surface area contributed by atoms with E-state index in [0.29, 0.717) is 5.75 Å². The molecule has 0 saturated carbocycles. The SMILES string of the molecule is Cc1ccc(C=NNC(=O)CSc2nc3ccccc3s2)cc1. The Balaban J connectivity index is 1.50. The van der Waals surface area contributed by atoms with Crippen molar-refractivity contribution in [2.24, 2.45) is 5.10 Å². The van der Waals surface area contributed by atoms with Crippen LogP contribution < -0.4 is 5.43 Å². The first-order valence-corrected chi connectivity index (χ1v) is 8.88. The number of nitrogens with zero attached hydrogens (tertiary/aromatic N) is 2. The molecule has 0 bridgehead atoms. The number of carbonyl (C=O) groups excluding carboxylic acids is 1. The van der Waals surface area contributed by atoms with Crippen LogP contribution in [0.15, 0.2) is 58.0 Å². The lowest BCUT2D eigenvalue weighted by Gasteiger charge is -1.98. The third-order valence-electron chi connectivity index (χ3n) is 3.08. The summed E-state index contributed by atoms with van der Waals surface area (Å²) in [5.41, 5.74) is 5.65. The molecule has 6 heteroatoms. The topological polar surface area (TPSA) is 54.4 Å². The maximum atomic E-state index is 11.8. The maximum Gasteiger partial charge on any atom is 0.250 e. The highest BCUT2D eigenvalue weighted by molar-refractivity contribution is 8.01. The number of para-hydroxylation sites is 1. The minimum absolute atomic E-state index is 0.141. The molecule has 3 aromatic rings. The summed E-state index contributed by atoms with van der Waals surface area (Å²) in [6, 6.07) is 15.9. The molecule has 0 aliphatic rings. The van der Waals surface area contributed by atoms with Gasteiger partial charge in [0, 0.05) is 0 Å². The number of hydrogen-bond donors (Lipinski definition) is 1. The van der Waals surface area contributed by atoms with Crippen LogP contribution >= 0.6 is 23.1 Å². The van der Waals surface area contributed by atoms with E-state index in [1.165, 1.54) is 17.3 Å². The van der Waals surface area contributed by atoms with Gasteiger partial charge >= 0.3 is 0 Å². The molecular weight excluding hydrogens is 326 g/mol. The van der Waals surface area contributed by atoms with Crippen molar-refractivity contribution in [1.82, 2.24) is 10.4 Å². The zero-order chi connectivity index (χ0) is 16.1. The minimum Gasteiger partial charge on any atom is -0.272 e. The van der Waals surface area contributed by atoms with Crippen LogP contribution in [0, 0.1) is 6.92 Å². The predicted octanol–water partition coefficient (Wildman–Crippen LogP) is 3.85. The van der Waals surface area contributed by atoms with Crippen molar-refractivity contribution in [1.29, 1.82) is 0 Å². The maximum absolute atomic E-state index is 11.8. The summed E-state index contributed by atoms with van der Waals surface area (Å²) in [5.74, 6) is 0.156. The zero-order valence-corrected chi connectivity index (χ0v) is 14.2. The summed E-state index contributed by atoms with van der Waals surface area (Å²) in [7, 11) is 0. The average Bonchev–Trinajstić information content (AvgIpc) is 2.98. The van der Waals surface area contributed by atoms with Gasteiger partial charge in [0.2, 0.25) is 0 Å². The number of fused-ring (bicyclic) bond motifs is 1. The Bertz CT molecular complexity index is 807. The molecule has 1 N–H and O–H groups in total. The van der Waals surface area contributed by atoms with Gasteiger partial charge in [0.25, 0.3) is 5.91 Å². The second-order valence-electron chi connectivity index (χ2n) is 4.94. The Labute approximate surface area is 142 Å². The summed E-state index contributed by atoms with van der Waals surface area (Å²) in [6.45, 7) is 2.03. The van der Waals surface area contributed by atoms with Crippen molar-refractivity contribution in [2.45, 2.75) is 11.3 Å². The normalized spacial score (nSPS) is 11.2. The number of aromatic nitrogens is 1. The van der Waals surface area contributed by atoms with Gasteiger partial charge in [0.1, 0.15) is 0 Å². The highest BCUT2D eigenvalue weighted by Gasteiger charge is 2.06. The number of hydrogen-bond acceptors (Lipinski definition) is 5. The number of rotatable bonds is 5. The Morgan fingerprint density at radius 1 is 1.26 bits per heavy atom. The number of amides is 1. The molecule has 0 fully saturated rings. The van der Waals surface area contributed by atoms with Crippen molar-refractivity contribution in [3.05, 3.63) is 59.7 Å². The van der Waals surface area contributed by atoms with Gasteiger partial charge in [0.15, 0.2) is 4.34 Å². The molecular formula is C17H15N3OS2. The Morgan fingerprint density at radius 2 is 2.04 bits per heavy atom. The van der Waals surface area contributed by atoms with Crippen LogP contribution in [-0.2, 0) is 4.79 Å². The minimum atomic E-state index is -0.141. The van der Waals surface area contributed by atoms with Crippen molar-refractivity contribution in [3.63, 3.8) is 0 Å². The highest BCUT2D eigenvalue weighted by Crippen LogP contribution is 2.28. The van der Waals surface area contributed by atoms with Crippen LogP contribution in [0.25, 0.3) is 10.2 Å². The van der Waals surface area contributed by atoms with E-state index in [1.54, 1.807) is 17.6 Å². The second kappa shape index (κ2) is 7.39. The molecule has 2 aromatic carbocycles. The molecule has 0 aliphatic carbocycles. The van der Waals surface area contributed by atoms with Crippen LogP contribution in [0.3, 0.4) is 0 Å². The lowest BCUT2D eigenvalue weighted by atomic mass is 10.2. The molecule has 23 heavy (non-hydrogen) atoms. The number of nitrogens with one attached hydrogen (secondary N) is 1.